The molecule has 0 bridgehead atoms. The molecule has 0 atom stereocenters. The van der Waals surface area contributed by atoms with Crippen LogP contribution in [-0.2, 0) is 0 Å². The summed E-state index contributed by atoms with van der Waals surface area (Å²) >= 11 is 5.87. The number of hydrogen-bond donors (Lipinski definition) is 1. The van der Waals surface area contributed by atoms with Crippen molar-refractivity contribution in [3.05, 3.63) is 87.8 Å². The zero-order chi connectivity index (χ0) is 21.1. The Labute approximate surface area is 177 Å². The van der Waals surface area contributed by atoms with E-state index in [2.05, 4.69) is 9.98 Å². The van der Waals surface area contributed by atoms with E-state index in [0.717, 1.165) is 0 Å². The van der Waals surface area contributed by atoms with Gasteiger partial charge in [0.1, 0.15) is 5.75 Å². The van der Waals surface area contributed by atoms with Crippen molar-refractivity contribution in [2.24, 2.45) is 4.99 Å². The zero-order valence-electron chi connectivity index (χ0n) is 16.1. The molecule has 0 amide bonds. The van der Waals surface area contributed by atoms with Crippen LogP contribution in [0.1, 0.15) is 12.5 Å². The van der Waals surface area contributed by atoms with Gasteiger partial charge in [0, 0.05) is 23.2 Å². The Morgan fingerprint density at radius 1 is 1.10 bits per heavy atom. The predicted molar refractivity (Wildman–Crippen MR) is 119 cm³/mol. The third kappa shape index (κ3) is 3.77. The second kappa shape index (κ2) is 8.39. The molecule has 2 aromatic heterocycles. The Kier molecular flexibility index (Phi) is 5.50. The van der Waals surface area contributed by atoms with E-state index in [0.29, 0.717) is 45.2 Å². The molecule has 0 spiro atoms. The van der Waals surface area contributed by atoms with Crippen molar-refractivity contribution in [3.8, 4) is 17.3 Å². The van der Waals surface area contributed by atoms with E-state index >= 15 is 0 Å². The number of benzene rings is 2. The fraction of sp³-hybridized carbons (Fsp3) is 0.0870. The van der Waals surface area contributed by atoms with Gasteiger partial charge in [-0.05, 0) is 49.4 Å². The number of nitrogens with zero attached hydrogens (tertiary/aromatic N) is 3. The lowest BCUT2D eigenvalue weighted by atomic mass is 10.1. The van der Waals surface area contributed by atoms with E-state index < -0.39 is 0 Å². The second-order valence-electron chi connectivity index (χ2n) is 6.44. The first-order valence-electron chi connectivity index (χ1n) is 9.34. The number of pyridine rings is 2. The third-order valence-corrected chi connectivity index (χ3v) is 4.77. The lowest BCUT2D eigenvalue weighted by molar-refractivity contribution is 0.340. The fourth-order valence-electron chi connectivity index (χ4n) is 3.16. The summed E-state index contributed by atoms with van der Waals surface area (Å²) in [5, 5.41) is 12.6. The minimum atomic E-state index is -0.325. The van der Waals surface area contributed by atoms with Gasteiger partial charge in [0.2, 0.25) is 5.88 Å². The Morgan fingerprint density at radius 3 is 2.50 bits per heavy atom. The van der Waals surface area contributed by atoms with Gasteiger partial charge in [-0.1, -0.05) is 29.8 Å². The van der Waals surface area contributed by atoms with Crippen LogP contribution < -0.4 is 10.3 Å². The lowest BCUT2D eigenvalue weighted by Gasteiger charge is -2.14. The highest BCUT2D eigenvalue weighted by Gasteiger charge is 2.16. The van der Waals surface area contributed by atoms with Crippen LogP contribution in [0, 0.1) is 0 Å². The summed E-state index contributed by atoms with van der Waals surface area (Å²) in [7, 11) is 0. The topological polar surface area (TPSA) is 76.7 Å². The molecule has 2 heterocycles. The molecular formula is C23H18ClN3O3. The van der Waals surface area contributed by atoms with Crippen molar-refractivity contribution in [3.63, 3.8) is 0 Å². The average molecular weight is 420 g/mol. The van der Waals surface area contributed by atoms with Crippen LogP contribution in [0.3, 0.4) is 0 Å². The van der Waals surface area contributed by atoms with Crippen LogP contribution in [-0.4, -0.2) is 27.5 Å². The Bertz CT molecular complexity index is 1280. The van der Waals surface area contributed by atoms with E-state index in [1.54, 1.807) is 60.7 Å². The van der Waals surface area contributed by atoms with E-state index in [1.165, 1.54) is 17.0 Å². The van der Waals surface area contributed by atoms with Gasteiger partial charge in [0.25, 0.3) is 5.56 Å². The molecule has 150 valence electrons. The first-order chi connectivity index (χ1) is 14.6. The van der Waals surface area contributed by atoms with Gasteiger partial charge in [-0.15, -0.1) is 0 Å². The fourth-order valence-corrected chi connectivity index (χ4v) is 3.27. The number of rotatable bonds is 5. The van der Waals surface area contributed by atoms with Gasteiger partial charge >= 0.3 is 0 Å². The normalized spacial score (nSPS) is 11.3. The van der Waals surface area contributed by atoms with Gasteiger partial charge < -0.3 is 9.84 Å². The summed E-state index contributed by atoms with van der Waals surface area (Å²) in [6.07, 6.45) is 2.99. The Hall–Kier alpha value is -3.64. The molecule has 0 aliphatic heterocycles. The molecule has 0 aliphatic rings. The van der Waals surface area contributed by atoms with Gasteiger partial charge in [0.05, 0.1) is 22.9 Å². The maximum atomic E-state index is 13.1. The Morgan fingerprint density at radius 2 is 1.83 bits per heavy atom. The highest BCUT2D eigenvalue weighted by atomic mass is 35.5. The molecule has 0 radical (unpaired) electrons. The number of ether oxygens (including phenoxy) is 1. The van der Waals surface area contributed by atoms with E-state index in [4.69, 9.17) is 16.3 Å². The first-order valence-corrected chi connectivity index (χ1v) is 9.72. The maximum absolute atomic E-state index is 13.1. The van der Waals surface area contributed by atoms with E-state index in [9.17, 15) is 9.90 Å². The predicted octanol–water partition coefficient (Wildman–Crippen LogP) is 4.89. The quantitative estimate of drug-likeness (QED) is 0.467. The van der Waals surface area contributed by atoms with Crippen molar-refractivity contribution in [2.45, 2.75) is 6.92 Å². The first kappa shape index (κ1) is 19.7. The van der Waals surface area contributed by atoms with Crippen molar-refractivity contribution < 1.29 is 9.84 Å². The molecule has 2 aromatic carbocycles. The molecule has 30 heavy (non-hydrogen) atoms. The number of halogens is 1. The second-order valence-corrected chi connectivity index (χ2v) is 6.88. The molecule has 0 fully saturated rings. The Balaban J connectivity index is 1.89. The van der Waals surface area contributed by atoms with Crippen LogP contribution in [0.25, 0.3) is 16.5 Å². The van der Waals surface area contributed by atoms with Crippen molar-refractivity contribution in [2.75, 3.05) is 6.61 Å². The highest BCUT2D eigenvalue weighted by Crippen LogP contribution is 2.27. The number of hydrogen-bond acceptors (Lipinski definition) is 5. The summed E-state index contributed by atoms with van der Waals surface area (Å²) in [4.78, 5) is 21.6. The molecule has 0 saturated carbocycles. The van der Waals surface area contributed by atoms with Crippen LogP contribution >= 0.6 is 11.6 Å². The zero-order valence-corrected chi connectivity index (χ0v) is 16.9. The number of aromatic nitrogens is 2. The molecule has 7 heteroatoms. The molecule has 4 aromatic rings. The third-order valence-electron chi connectivity index (χ3n) is 4.55. The molecule has 6 nitrogen and oxygen atoms in total. The van der Waals surface area contributed by atoms with Crippen LogP contribution in [0.4, 0.5) is 5.82 Å². The van der Waals surface area contributed by atoms with Crippen LogP contribution in [0.5, 0.6) is 11.6 Å². The summed E-state index contributed by atoms with van der Waals surface area (Å²) in [5.41, 5.74) is 0.607. The molecule has 4 rings (SSSR count). The molecule has 0 saturated heterocycles. The minimum Gasteiger partial charge on any atom is -0.494 e. The monoisotopic (exact) mass is 419 g/mol. The summed E-state index contributed by atoms with van der Waals surface area (Å²) in [5.74, 6) is 0.910. The van der Waals surface area contributed by atoms with Crippen LogP contribution in [0.15, 0.2) is 76.6 Å². The largest absolute Gasteiger partial charge is 0.494 e. The standard InChI is InChI=1S/C23H18ClN3O3/c1-2-30-17-10-8-16(9-11-17)27-22(28)19-6-4-3-5-18(19)20(23(27)29)14-26-21-12-7-15(24)13-25-21/h3-14,29H,2H2,1H3. The summed E-state index contributed by atoms with van der Waals surface area (Å²) < 4.78 is 6.72. The summed E-state index contributed by atoms with van der Waals surface area (Å²) in [6.45, 7) is 2.44. The van der Waals surface area contributed by atoms with Gasteiger partial charge in [-0.3, -0.25) is 4.79 Å². The molecule has 0 aliphatic carbocycles. The lowest BCUT2D eigenvalue weighted by Crippen LogP contribution is -2.20. The van der Waals surface area contributed by atoms with Crippen molar-refractivity contribution in [1.82, 2.24) is 9.55 Å². The average Bonchev–Trinajstić information content (AvgIpc) is 2.76. The SMILES string of the molecule is CCOc1ccc(-n2c(O)c(C=Nc3ccc(Cl)cn3)c3ccccc3c2=O)cc1. The van der Waals surface area contributed by atoms with Crippen LogP contribution in [0.2, 0.25) is 5.02 Å². The number of aromatic hydroxyl groups is 1. The van der Waals surface area contributed by atoms with Crippen molar-refractivity contribution >= 4 is 34.4 Å². The molecular weight excluding hydrogens is 402 g/mol. The number of fused-ring (bicyclic) bond motifs is 1. The smallest absolute Gasteiger partial charge is 0.265 e. The molecule has 0 unspecified atom stereocenters. The van der Waals surface area contributed by atoms with Gasteiger partial charge in [-0.25, -0.2) is 14.5 Å². The highest BCUT2D eigenvalue weighted by molar-refractivity contribution is 6.30. The maximum Gasteiger partial charge on any atom is 0.265 e. The minimum absolute atomic E-state index is 0.208. The van der Waals surface area contributed by atoms with Gasteiger partial charge in [0.15, 0.2) is 5.82 Å². The van der Waals surface area contributed by atoms with Gasteiger partial charge in [-0.2, -0.15) is 0 Å². The molecule has 1 N–H and O–H groups in total. The van der Waals surface area contributed by atoms with E-state index in [-0.39, 0.29) is 11.4 Å². The summed E-state index contributed by atoms with van der Waals surface area (Å²) in [6, 6.07) is 17.4. The van der Waals surface area contributed by atoms with Crippen molar-refractivity contribution in [1.29, 1.82) is 0 Å². The number of aliphatic imine (C=N–C) groups is 1. The van der Waals surface area contributed by atoms with E-state index in [1.807, 2.05) is 6.92 Å².